The smallest absolute Gasteiger partial charge is 0.251 e. The molecule has 1 aromatic rings. The van der Waals surface area contributed by atoms with Crippen LogP contribution in [0.3, 0.4) is 0 Å². The third-order valence-electron chi connectivity index (χ3n) is 3.90. The van der Waals surface area contributed by atoms with E-state index in [9.17, 15) is 4.79 Å². The summed E-state index contributed by atoms with van der Waals surface area (Å²) in [5.74, 6) is 0.577. The monoisotopic (exact) mass is 324 g/mol. The Morgan fingerprint density at radius 1 is 1.32 bits per heavy atom. The van der Waals surface area contributed by atoms with Crippen molar-refractivity contribution in [1.82, 2.24) is 5.32 Å². The number of benzene rings is 1. The average Bonchev–Trinajstić information content (AvgIpc) is 2.38. The molecular formula is C15H21BrN2O. The van der Waals surface area contributed by atoms with Gasteiger partial charge < -0.3 is 11.1 Å². The average molecular weight is 325 g/mol. The molecule has 4 heteroatoms. The van der Waals surface area contributed by atoms with Gasteiger partial charge in [0.2, 0.25) is 0 Å². The molecule has 0 aliphatic heterocycles. The van der Waals surface area contributed by atoms with Crippen LogP contribution in [0.25, 0.3) is 0 Å². The highest BCUT2D eigenvalue weighted by molar-refractivity contribution is 9.10. The molecule has 1 aliphatic carbocycles. The molecule has 1 aromatic carbocycles. The first-order valence-electron chi connectivity index (χ1n) is 6.93. The number of hydrogen-bond acceptors (Lipinski definition) is 2. The largest absolute Gasteiger partial charge is 0.399 e. The Kier molecular flexibility index (Phi) is 4.86. The fourth-order valence-corrected chi connectivity index (χ4v) is 3.30. The minimum Gasteiger partial charge on any atom is -0.399 e. The van der Waals surface area contributed by atoms with Gasteiger partial charge in [-0.05, 0) is 43.9 Å². The second-order valence-corrected chi connectivity index (χ2v) is 6.35. The normalized spacial score (nSPS) is 18.0. The van der Waals surface area contributed by atoms with Crippen molar-refractivity contribution < 1.29 is 4.79 Å². The first-order valence-corrected chi connectivity index (χ1v) is 7.72. The summed E-state index contributed by atoms with van der Waals surface area (Å²) in [5.41, 5.74) is 6.98. The number of carbonyl (C=O) groups is 1. The molecule has 3 N–H and O–H groups in total. The summed E-state index contributed by atoms with van der Waals surface area (Å²) >= 11 is 3.36. The molecule has 1 atom stereocenters. The molecule has 0 bridgehead atoms. The van der Waals surface area contributed by atoms with Gasteiger partial charge in [0, 0.05) is 21.8 Å². The SMILES string of the molecule is C[C@@H](NC(=O)c1cc(N)cc(Br)c1)C1CCCCC1. The number of nitrogens with one attached hydrogen (secondary N) is 1. The van der Waals surface area contributed by atoms with Gasteiger partial charge in [0.25, 0.3) is 5.91 Å². The molecule has 19 heavy (non-hydrogen) atoms. The summed E-state index contributed by atoms with van der Waals surface area (Å²) in [6.07, 6.45) is 6.35. The Morgan fingerprint density at radius 2 is 2.00 bits per heavy atom. The van der Waals surface area contributed by atoms with Crippen LogP contribution < -0.4 is 11.1 Å². The Morgan fingerprint density at radius 3 is 2.63 bits per heavy atom. The topological polar surface area (TPSA) is 55.1 Å². The molecule has 0 heterocycles. The highest BCUT2D eigenvalue weighted by Crippen LogP contribution is 2.26. The third-order valence-corrected chi connectivity index (χ3v) is 4.36. The molecule has 0 radical (unpaired) electrons. The predicted molar refractivity (Wildman–Crippen MR) is 82.1 cm³/mol. The fourth-order valence-electron chi connectivity index (χ4n) is 2.79. The van der Waals surface area contributed by atoms with E-state index in [-0.39, 0.29) is 11.9 Å². The fraction of sp³-hybridized carbons (Fsp3) is 0.533. The van der Waals surface area contributed by atoms with Crippen LogP contribution in [-0.4, -0.2) is 11.9 Å². The van der Waals surface area contributed by atoms with Crippen LogP contribution in [0.2, 0.25) is 0 Å². The van der Waals surface area contributed by atoms with Gasteiger partial charge in [-0.3, -0.25) is 4.79 Å². The number of nitrogens with two attached hydrogens (primary N) is 1. The zero-order valence-corrected chi connectivity index (χ0v) is 12.9. The lowest BCUT2D eigenvalue weighted by atomic mass is 9.84. The molecule has 3 nitrogen and oxygen atoms in total. The standard InChI is InChI=1S/C15H21BrN2O/c1-10(11-5-3-2-4-6-11)18-15(19)12-7-13(16)9-14(17)8-12/h7-11H,2-6,17H2,1H3,(H,18,19)/t10-/m1/s1. The lowest BCUT2D eigenvalue weighted by Crippen LogP contribution is -2.38. The molecule has 1 amide bonds. The van der Waals surface area contributed by atoms with Crippen LogP contribution in [0.1, 0.15) is 49.4 Å². The van der Waals surface area contributed by atoms with E-state index in [0.29, 0.717) is 17.2 Å². The summed E-state index contributed by atoms with van der Waals surface area (Å²) in [7, 11) is 0. The number of hydrogen-bond donors (Lipinski definition) is 2. The summed E-state index contributed by atoms with van der Waals surface area (Å²) in [4.78, 5) is 12.2. The van der Waals surface area contributed by atoms with Gasteiger partial charge in [-0.2, -0.15) is 0 Å². The van der Waals surface area contributed by atoms with Gasteiger partial charge in [-0.1, -0.05) is 35.2 Å². The van der Waals surface area contributed by atoms with Gasteiger partial charge in [-0.25, -0.2) is 0 Å². The van der Waals surface area contributed by atoms with E-state index in [0.717, 1.165) is 4.47 Å². The van der Waals surface area contributed by atoms with E-state index >= 15 is 0 Å². The molecule has 1 saturated carbocycles. The van der Waals surface area contributed by atoms with Gasteiger partial charge in [-0.15, -0.1) is 0 Å². The van der Waals surface area contributed by atoms with Crippen molar-refractivity contribution in [1.29, 1.82) is 0 Å². The number of anilines is 1. The molecule has 0 saturated heterocycles. The second-order valence-electron chi connectivity index (χ2n) is 5.43. The quantitative estimate of drug-likeness (QED) is 0.832. The second kappa shape index (κ2) is 6.42. The molecule has 0 unspecified atom stereocenters. The van der Waals surface area contributed by atoms with E-state index < -0.39 is 0 Å². The van der Waals surface area contributed by atoms with E-state index in [1.165, 1.54) is 32.1 Å². The van der Waals surface area contributed by atoms with Gasteiger partial charge in [0.1, 0.15) is 0 Å². The van der Waals surface area contributed by atoms with Crippen LogP contribution in [0.15, 0.2) is 22.7 Å². The predicted octanol–water partition coefficient (Wildman–Crippen LogP) is 3.73. The van der Waals surface area contributed by atoms with Crippen molar-refractivity contribution >= 4 is 27.5 Å². The molecular weight excluding hydrogens is 304 g/mol. The van der Waals surface area contributed by atoms with E-state index in [1.807, 2.05) is 0 Å². The summed E-state index contributed by atoms with van der Waals surface area (Å²) < 4.78 is 0.836. The number of nitrogen functional groups attached to an aromatic ring is 1. The molecule has 2 rings (SSSR count). The zero-order chi connectivity index (χ0) is 13.8. The lowest BCUT2D eigenvalue weighted by Gasteiger charge is -2.28. The van der Waals surface area contributed by atoms with Crippen LogP contribution in [0, 0.1) is 5.92 Å². The third kappa shape index (κ3) is 3.96. The highest BCUT2D eigenvalue weighted by Gasteiger charge is 2.21. The summed E-state index contributed by atoms with van der Waals surface area (Å²) in [6, 6.07) is 5.54. The number of halogens is 1. The van der Waals surface area contributed by atoms with Gasteiger partial charge in [0.15, 0.2) is 0 Å². The van der Waals surface area contributed by atoms with Crippen LogP contribution >= 0.6 is 15.9 Å². The number of carbonyl (C=O) groups excluding carboxylic acids is 1. The Labute approximate surface area is 123 Å². The van der Waals surface area contributed by atoms with Gasteiger partial charge in [0.05, 0.1) is 0 Å². The minimum atomic E-state index is -0.0360. The van der Waals surface area contributed by atoms with E-state index in [2.05, 4.69) is 28.2 Å². The Bertz CT molecular complexity index is 435. The molecule has 0 aromatic heterocycles. The minimum absolute atomic E-state index is 0.0360. The lowest BCUT2D eigenvalue weighted by molar-refractivity contribution is 0.0919. The van der Waals surface area contributed by atoms with Crippen LogP contribution in [0.4, 0.5) is 5.69 Å². The maximum atomic E-state index is 12.2. The van der Waals surface area contributed by atoms with Crippen molar-refractivity contribution in [2.24, 2.45) is 5.92 Å². The van der Waals surface area contributed by atoms with Crippen molar-refractivity contribution in [3.05, 3.63) is 28.2 Å². The first kappa shape index (κ1) is 14.4. The van der Waals surface area contributed by atoms with E-state index in [4.69, 9.17) is 5.73 Å². The molecule has 1 aliphatic rings. The molecule has 0 spiro atoms. The maximum Gasteiger partial charge on any atom is 0.251 e. The summed E-state index contributed by atoms with van der Waals surface area (Å²) in [5, 5.41) is 3.10. The molecule has 1 fully saturated rings. The van der Waals surface area contributed by atoms with Crippen molar-refractivity contribution in [3.63, 3.8) is 0 Å². The maximum absolute atomic E-state index is 12.2. The van der Waals surface area contributed by atoms with Crippen LogP contribution in [0.5, 0.6) is 0 Å². The van der Waals surface area contributed by atoms with Crippen LogP contribution in [-0.2, 0) is 0 Å². The molecule has 104 valence electrons. The van der Waals surface area contributed by atoms with Crippen molar-refractivity contribution in [2.45, 2.75) is 45.1 Å². The number of rotatable bonds is 3. The van der Waals surface area contributed by atoms with Crippen molar-refractivity contribution in [3.8, 4) is 0 Å². The zero-order valence-electron chi connectivity index (χ0n) is 11.3. The number of amides is 1. The highest BCUT2D eigenvalue weighted by atomic mass is 79.9. The van der Waals surface area contributed by atoms with Gasteiger partial charge >= 0.3 is 0 Å². The van der Waals surface area contributed by atoms with E-state index in [1.54, 1.807) is 18.2 Å². The Balaban J connectivity index is 1.99. The summed E-state index contributed by atoms with van der Waals surface area (Å²) in [6.45, 7) is 2.11. The first-order chi connectivity index (χ1) is 9.06. The van der Waals surface area contributed by atoms with Crippen molar-refractivity contribution in [2.75, 3.05) is 5.73 Å². The Hall–Kier alpha value is -1.03.